The summed E-state index contributed by atoms with van der Waals surface area (Å²) >= 11 is 1.40. The summed E-state index contributed by atoms with van der Waals surface area (Å²) in [6, 6.07) is 6.10. The molecule has 8 nitrogen and oxygen atoms in total. The summed E-state index contributed by atoms with van der Waals surface area (Å²) in [4.78, 5) is 19.7. The van der Waals surface area contributed by atoms with Crippen LogP contribution in [0.3, 0.4) is 0 Å². The van der Waals surface area contributed by atoms with Gasteiger partial charge in [-0.3, -0.25) is 4.79 Å². The highest BCUT2D eigenvalue weighted by atomic mass is 32.2. The summed E-state index contributed by atoms with van der Waals surface area (Å²) in [6.07, 6.45) is 3.82. The van der Waals surface area contributed by atoms with Gasteiger partial charge >= 0.3 is 0 Å². The van der Waals surface area contributed by atoms with Crippen molar-refractivity contribution in [2.75, 3.05) is 34.4 Å². The van der Waals surface area contributed by atoms with Crippen molar-refractivity contribution in [2.45, 2.75) is 51.6 Å². The summed E-state index contributed by atoms with van der Waals surface area (Å²) in [7, 11) is 4.63. The minimum atomic E-state index is 0.0776. The van der Waals surface area contributed by atoms with Gasteiger partial charge in [0, 0.05) is 55.2 Å². The minimum Gasteiger partial charge on any atom is -0.493 e. The van der Waals surface area contributed by atoms with E-state index >= 15 is 0 Å². The second kappa shape index (κ2) is 10.9. The monoisotopic (exact) mass is 460 g/mol. The molecule has 3 rings (SSSR count). The van der Waals surface area contributed by atoms with Crippen LogP contribution in [-0.4, -0.2) is 66.8 Å². The lowest BCUT2D eigenvalue weighted by molar-refractivity contribution is -0.139. The zero-order valence-corrected chi connectivity index (χ0v) is 20.3. The Bertz CT molecular complexity index is 883. The fraction of sp³-hybridized carbons (Fsp3) is 0.609. The van der Waals surface area contributed by atoms with Crippen LogP contribution in [0.25, 0.3) is 0 Å². The number of nitriles is 1. The maximum Gasteiger partial charge on any atom is 0.266 e. The molecule has 0 aromatic heterocycles. The molecule has 1 aromatic rings. The summed E-state index contributed by atoms with van der Waals surface area (Å²) in [6.45, 7) is 5.85. The first kappa shape index (κ1) is 24.2. The van der Waals surface area contributed by atoms with Gasteiger partial charge in [0.1, 0.15) is 6.07 Å². The number of ether oxygens (including phenoxy) is 3. The van der Waals surface area contributed by atoms with Gasteiger partial charge in [-0.15, -0.1) is 0 Å². The molecule has 0 spiro atoms. The molecule has 0 bridgehead atoms. The molecular weight excluding hydrogens is 428 g/mol. The fourth-order valence-corrected chi connectivity index (χ4v) is 5.22. The van der Waals surface area contributed by atoms with Gasteiger partial charge in [0.05, 0.1) is 32.6 Å². The Balaban J connectivity index is 1.65. The number of rotatable bonds is 5. The van der Waals surface area contributed by atoms with Gasteiger partial charge in [0.15, 0.2) is 11.5 Å². The van der Waals surface area contributed by atoms with Gasteiger partial charge in [-0.25, -0.2) is 9.30 Å². The number of benzene rings is 1. The van der Waals surface area contributed by atoms with Gasteiger partial charge in [-0.1, -0.05) is 0 Å². The zero-order valence-electron chi connectivity index (χ0n) is 19.5. The summed E-state index contributed by atoms with van der Waals surface area (Å²) in [5, 5.41) is 9.94. The van der Waals surface area contributed by atoms with E-state index in [-0.39, 0.29) is 5.92 Å². The molecule has 2 aliphatic heterocycles. The zero-order chi connectivity index (χ0) is 23.3. The predicted molar refractivity (Wildman–Crippen MR) is 125 cm³/mol. The molecule has 32 heavy (non-hydrogen) atoms. The topological polar surface area (TPSA) is 87.4 Å². The van der Waals surface area contributed by atoms with Crippen LogP contribution in [0.4, 0.5) is 5.69 Å². The highest BCUT2D eigenvalue weighted by Gasteiger charge is 2.36. The van der Waals surface area contributed by atoms with E-state index in [1.54, 1.807) is 26.4 Å². The lowest BCUT2D eigenvalue weighted by atomic mass is 9.96. The van der Waals surface area contributed by atoms with Crippen LogP contribution in [-0.2, 0) is 9.53 Å². The first-order valence-electron chi connectivity index (χ1n) is 11.0. The Morgan fingerprint density at radius 2 is 1.66 bits per heavy atom. The van der Waals surface area contributed by atoms with Crippen molar-refractivity contribution >= 4 is 28.8 Å². The predicted octanol–water partition coefficient (Wildman–Crippen LogP) is 3.97. The smallest absolute Gasteiger partial charge is 0.266 e. The molecular formula is C23H32N4O4S. The van der Waals surface area contributed by atoms with Crippen molar-refractivity contribution < 1.29 is 19.0 Å². The first-order chi connectivity index (χ1) is 15.4. The van der Waals surface area contributed by atoms with Gasteiger partial charge in [-0.05, 0) is 39.5 Å². The van der Waals surface area contributed by atoms with Crippen molar-refractivity contribution in [3.63, 3.8) is 0 Å². The molecule has 0 saturated carbocycles. The standard InChI is InChI=1S/C23H32N4O4S/c1-15-6-7-16(2)27(15)22(28)17-8-10-26(11-9-17)32-23(31-5)25-19-13-21(30-4)20(29-3)12-18(19)14-24/h12-13,15-17H,6-11H2,1-5H3/b25-23+. The number of hydrogen-bond donors (Lipinski definition) is 0. The summed E-state index contributed by atoms with van der Waals surface area (Å²) in [5.74, 6) is 1.35. The average molecular weight is 461 g/mol. The highest BCUT2D eigenvalue weighted by molar-refractivity contribution is 8.11. The van der Waals surface area contributed by atoms with Crippen molar-refractivity contribution in [3.8, 4) is 17.6 Å². The second-order valence-corrected chi connectivity index (χ2v) is 9.28. The quantitative estimate of drug-likeness (QED) is 0.373. The summed E-state index contributed by atoms with van der Waals surface area (Å²) in [5.41, 5.74) is 0.826. The van der Waals surface area contributed by atoms with E-state index in [2.05, 4.69) is 34.1 Å². The number of carbonyl (C=O) groups is 1. The summed E-state index contributed by atoms with van der Waals surface area (Å²) < 4.78 is 18.2. The largest absolute Gasteiger partial charge is 0.493 e. The van der Waals surface area contributed by atoms with E-state index in [0.717, 1.165) is 38.8 Å². The molecule has 174 valence electrons. The van der Waals surface area contributed by atoms with Crippen molar-refractivity contribution in [3.05, 3.63) is 17.7 Å². The molecule has 0 radical (unpaired) electrons. The molecule has 0 N–H and O–H groups in total. The van der Waals surface area contributed by atoms with Crippen LogP contribution in [0.5, 0.6) is 11.5 Å². The third-order valence-electron chi connectivity index (χ3n) is 6.23. The maximum absolute atomic E-state index is 13.0. The number of carbonyl (C=O) groups excluding carboxylic acids is 1. The molecule has 1 amide bonds. The number of hydrogen-bond acceptors (Lipinski definition) is 8. The number of likely N-dealkylation sites (tertiary alicyclic amines) is 1. The van der Waals surface area contributed by atoms with Crippen molar-refractivity contribution in [1.82, 2.24) is 9.21 Å². The number of amides is 1. The first-order valence-corrected chi connectivity index (χ1v) is 11.7. The lowest BCUT2D eigenvalue weighted by Gasteiger charge is -2.35. The van der Waals surface area contributed by atoms with Crippen molar-refractivity contribution in [1.29, 1.82) is 5.26 Å². The number of nitrogens with zero attached hydrogens (tertiary/aromatic N) is 4. The van der Waals surface area contributed by atoms with Crippen LogP contribution in [0.2, 0.25) is 0 Å². The Hall–Kier alpha value is -2.44. The third-order valence-corrected chi connectivity index (χ3v) is 7.26. The van der Waals surface area contributed by atoms with Crippen LogP contribution in [0.15, 0.2) is 17.1 Å². The van der Waals surface area contributed by atoms with E-state index in [0.29, 0.717) is 46.0 Å². The molecule has 0 aliphatic carbocycles. The van der Waals surface area contributed by atoms with Crippen LogP contribution < -0.4 is 9.47 Å². The maximum atomic E-state index is 13.0. The molecule has 1 aromatic carbocycles. The molecule has 2 fully saturated rings. The van der Waals surface area contributed by atoms with E-state index < -0.39 is 0 Å². The van der Waals surface area contributed by atoms with E-state index in [9.17, 15) is 10.1 Å². The molecule has 2 heterocycles. The van der Waals surface area contributed by atoms with E-state index in [1.165, 1.54) is 19.1 Å². The Morgan fingerprint density at radius 1 is 1.06 bits per heavy atom. The fourth-order valence-electron chi connectivity index (χ4n) is 4.40. The third kappa shape index (κ3) is 5.30. The lowest BCUT2D eigenvalue weighted by Crippen LogP contribution is -2.45. The van der Waals surface area contributed by atoms with E-state index in [1.807, 2.05) is 0 Å². The highest BCUT2D eigenvalue weighted by Crippen LogP contribution is 2.36. The number of methoxy groups -OCH3 is 3. The molecule has 9 heteroatoms. The number of aliphatic imine (C=N–C) groups is 1. The van der Waals surface area contributed by atoms with Gasteiger partial charge < -0.3 is 19.1 Å². The Kier molecular flexibility index (Phi) is 8.26. The normalized spacial score (nSPS) is 22.5. The van der Waals surface area contributed by atoms with Crippen LogP contribution in [0.1, 0.15) is 45.1 Å². The minimum absolute atomic E-state index is 0.0776. The number of piperidine rings is 1. The molecule has 2 unspecified atom stereocenters. The molecule has 2 saturated heterocycles. The van der Waals surface area contributed by atoms with Crippen molar-refractivity contribution in [2.24, 2.45) is 10.9 Å². The van der Waals surface area contributed by atoms with E-state index in [4.69, 9.17) is 14.2 Å². The van der Waals surface area contributed by atoms with Gasteiger partial charge in [0.2, 0.25) is 5.91 Å². The Morgan fingerprint density at radius 3 is 2.19 bits per heavy atom. The Labute approximate surface area is 194 Å². The average Bonchev–Trinajstić information content (AvgIpc) is 3.15. The molecule has 2 atom stereocenters. The van der Waals surface area contributed by atoms with Gasteiger partial charge in [-0.2, -0.15) is 5.26 Å². The molecule has 2 aliphatic rings. The SMILES string of the molecule is CO/C(=N\c1cc(OC)c(OC)cc1C#N)SN1CCC(C(=O)N2C(C)CCC2C)CC1. The second-order valence-electron chi connectivity index (χ2n) is 8.23. The van der Waals surface area contributed by atoms with Crippen LogP contribution in [0, 0.1) is 17.2 Å². The van der Waals surface area contributed by atoms with Gasteiger partial charge in [0.25, 0.3) is 5.23 Å². The van der Waals surface area contributed by atoms with Crippen LogP contribution >= 0.6 is 11.9 Å².